The van der Waals surface area contributed by atoms with Gasteiger partial charge in [0.1, 0.15) is 10.7 Å². The number of benzene rings is 1. The van der Waals surface area contributed by atoms with Crippen molar-refractivity contribution in [1.82, 2.24) is 4.90 Å². The van der Waals surface area contributed by atoms with Gasteiger partial charge in [-0.15, -0.1) is 0 Å². The number of amides is 1. The molecule has 0 aromatic heterocycles. The smallest absolute Gasteiger partial charge is 0.259 e. The number of likely N-dealkylation sites (N-methyl/N-ethyl adjacent to an activating group) is 1. The zero-order valence-electron chi connectivity index (χ0n) is 9.57. The standard InChI is InChI=1S/C11H13ClN2O2S/c1-14(2)10(15)6-16-9-4-3-7(11(13)17)5-8(9)12/h3-5H,6H2,1-2H3,(H2,13,17). The second kappa shape index (κ2) is 5.84. The highest BCUT2D eigenvalue weighted by atomic mass is 35.5. The maximum Gasteiger partial charge on any atom is 0.259 e. The maximum atomic E-state index is 11.3. The van der Waals surface area contributed by atoms with E-state index in [-0.39, 0.29) is 17.5 Å². The van der Waals surface area contributed by atoms with Gasteiger partial charge in [0.15, 0.2) is 6.61 Å². The number of nitrogens with zero attached hydrogens (tertiary/aromatic N) is 1. The summed E-state index contributed by atoms with van der Waals surface area (Å²) in [6.07, 6.45) is 0. The fourth-order valence-electron chi connectivity index (χ4n) is 1.04. The quantitative estimate of drug-likeness (QED) is 0.843. The average molecular weight is 273 g/mol. The first-order valence-electron chi connectivity index (χ1n) is 4.84. The normalized spacial score (nSPS) is 9.82. The Morgan fingerprint density at radius 2 is 2.18 bits per heavy atom. The Balaban J connectivity index is 2.73. The minimum absolute atomic E-state index is 0.0564. The first-order valence-corrected chi connectivity index (χ1v) is 5.62. The summed E-state index contributed by atoms with van der Waals surface area (Å²) in [5.41, 5.74) is 6.13. The van der Waals surface area contributed by atoms with Crippen LogP contribution in [0.3, 0.4) is 0 Å². The highest BCUT2D eigenvalue weighted by Crippen LogP contribution is 2.25. The Bertz CT molecular complexity index is 449. The van der Waals surface area contributed by atoms with Crippen LogP contribution in [0, 0.1) is 0 Å². The molecule has 92 valence electrons. The monoisotopic (exact) mass is 272 g/mol. The van der Waals surface area contributed by atoms with E-state index in [1.165, 1.54) is 4.90 Å². The van der Waals surface area contributed by atoms with Crippen LogP contribution < -0.4 is 10.5 Å². The first-order chi connectivity index (χ1) is 7.91. The summed E-state index contributed by atoms with van der Waals surface area (Å²) >= 11 is 10.8. The molecule has 0 unspecified atom stereocenters. The molecule has 0 radical (unpaired) electrons. The largest absolute Gasteiger partial charge is 0.482 e. The number of rotatable bonds is 4. The van der Waals surface area contributed by atoms with E-state index >= 15 is 0 Å². The molecule has 0 aliphatic heterocycles. The molecule has 0 fully saturated rings. The molecule has 6 heteroatoms. The fourth-order valence-corrected chi connectivity index (χ4v) is 1.40. The van der Waals surface area contributed by atoms with Crippen LogP contribution in [0.4, 0.5) is 0 Å². The van der Waals surface area contributed by atoms with E-state index in [1.807, 2.05) is 0 Å². The third-order valence-electron chi connectivity index (χ3n) is 2.07. The molecule has 0 aliphatic carbocycles. The fraction of sp³-hybridized carbons (Fsp3) is 0.273. The molecule has 4 nitrogen and oxygen atoms in total. The second-order valence-corrected chi connectivity index (χ2v) is 4.43. The molecule has 0 saturated carbocycles. The molecule has 0 aliphatic rings. The lowest BCUT2D eigenvalue weighted by molar-refractivity contribution is -0.130. The zero-order chi connectivity index (χ0) is 13.0. The van der Waals surface area contributed by atoms with E-state index < -0.39 is 0 Å². The Kier molecular flexibility index (Phi) is 4.72. The van der Waals surface area contributed by atoms with Crippen molar-refractivity contribution in [3.05, 3.63) is 28.8 Å². The summed E-state index contributed by atoms with van der Waals surface area (Å²) in [5.74, 6) is 0.293. The van der Waals surface area contributed by atoms with Crippen LogP contribution in [-0.2, 0) is 4.79 Å². The van der Waals surface area contributed by atoms with Gasteiger partial charge in [-0.25, -0.2) is 0 Å². The molecule has 17 heavy (non-hydrogen) atoms. The molecule has 1 amide bonds. The number of carbonyl (C=O) groups is 1. The van der Waals surface area contributed by atoms with Crippen molar-refractivity contribution in [3.63, 3.8) is 0 Å². The van der Waals surface area contributed by atoms with Gasteiger partial charge in [-0.2, -0.15) is 0 Å². The van der Waals surface area contributed by atoms with E-state index in [4.69, 9.17) is 34.3 Å². The lowest BCUT2D eigenvalue weighted by Gasteiger charge is -2.12. The molecular weight excluding hydrogens is 260 g/mol. The van der Waals surface area contributed by atoms with Gasteiger partial charge in [0, 0.05) is 19.7 Å². The number of halogens is 1. The Morgan fingerprint density at radius 3 is 2.65 bits per heavy atom. The molecule has 1 aromatic carbocycles. The summed E-state index contributed by atoms with van der Waals surface area (Å²) < 4.78 is 5.29. The predicted molar refractivity (Wildman–Crippen MR) is 71.5 cm³/mol. The van der Waals surface area contributed by atoms with Crippen LogP contribution >= 0.6 is 23.8 Å². The number of carbonyl (C=O) groups excluding carboxylic acids is 1. The molecule has 0 spiro atoms. The summed E-state index contributed by atoms with van der Waals surface area (Å²) in [4.78, 5) is 13.0. The molecule has 0 bridgehead atoms. The Morgan fingerprint density at radius 1 is 1.53 bits per heavy atom. The van der Waals surface area contributed by atoms with Gasteiger partial charge < -0.3 is 15.4 Å². The summed E-state index contributed by atoms with van der Waals surface area (Å²) in [7, 11) is 3.31. The van der Waals surface area contributed by atoms with Gasteiger partial charge in [-0.1, -0.05) is 23.8 Å². The predicted octanol–water partition coefficient (Wildman–Crippen LogP) is 1.44. The molecule has 1 aromatic rings. The van der Waals surface area contributed by atoms with Gasteiger partial charge in [-0.3, -0.25) is 4.79 Å². The first kappa shape index (κ1) is 13.7. The molecule has 2 N–H and O–H groups in total. The summed E-state index contributed by atoms with van der Waals surface area (Å²) in [6.45, 7) is -0.0564. The van der Waals surface area contributed by atoms with Crippen molar-refractivity contribution in [2.24, 2.45) is 5.73 Å². The third-order valence-corrected chi connectivity index (χ3v) is 2.60. The van der Waals surface area contributed by atoms with Crippen molar-refractivity contribution in [2.45, 2.75) is 0 Å². The van der Waals surface area contributed by atoms with Crippen LogP contribution in [0.5, 0.6) is 5.75 Å². The van der Waals surface area contributed by atoms with Crippen molar-refractivity contribution >= 4 is 34.7 Å². The van der Waals surface area contributed by atoms with Gasteiger partial charge >= 0.3 is 0 Å². The van der Waals surface area contributed by atoms with Crippen LogP contribution in [0.25, 0.3) is 0 Å². The maximum absolute atomic E-state index is 11.3. The van der Waals surface area contributed by atoms with E-state index in [2.05, 4.69) is 0 Å². The van der Waals surface area contributed by atoms with Gasteiger partial charge in [0.05, 0.1) is 5.02 Å². The van der Waals surface area contributed by atoms with Gasteiger partial charge in [-0.05, 0) is 18.2 Å². The number of hydrogen-bond donors (Lipinski definition) is 1. The topological polar surface area (TPSA) is 55.6 Å². The number of ether oxygens (including phenoxy) is 1. The molecule has 0 heterocycles. The third kappa shape index (κ3) is 3.87. The molecule has 0 saturated heterocycles. The number of thiocarbonyl (C=S) groups is 1. The van der Waals surface area contributed by atoms with E-state index in [1.54, 1.807) is 32.3 Å². The summed E-state index contributed by atoms with van der Waals surface area (Å²) in [5, 5.41) is 0.377. The minimum atomic E-state index is -0.139. The minimum Gasteiger partial charge on any atom is -0.482 e. The zero-order valence-corrected chi connectivity index (χ0v) is 11.1. The van der Waals surface area contributed by atoms with Crippen molar-refractivity contribution in [3.8, 4) is 5.75 Å². The van der Waals surface area contributed by atoms with Crippen LogP contribution in [0.15, 0.2) is 18.2 Å². The van der Waals surface area contributed by atoms with E-state index in [0.717, 1.165) is 0 Å². The molecule has 1 rings (SSSR count). The van der Waals surface area contributed by atoms with E-state index in [9.17, 15) is 4.79 Å². The van der Waals surface area contributed by atoms with Crippen molar-refractivity contribution in [1.29, 1.82) is 0 Å². The highest BCUT2D eigenvalue weighted by molar-refractivity contribution is 7.80. The molecular formula is C11H13ClN2O2S. The van der Waals surface area contributed by atoms with Crippen LogP contribution in [0.1, 0.15) is 5.56 Å². The van der Waals surface area contributed by atoms with Crippen molar-refractivity contribution in [2.75, 3.05) is 20.7 Å². The lowest BCUT2D eigenvalue weighted by atomic mass is 10.2. The van der Waals surface area contributed by atoms with Gasteiger partial charge in [0.2, 0.25) is 0 Å². The average Bonchev–Trinajstić information content (AvgIpc) is 2.26. The number of nitrogens with two attached hydrogens (primary N) is 1. The van der Waals surface area contributed by atoms with Crippen molar-refractivity contribution < 1.29 is 9.53 Å². The number of hydrogen-bond acceptors (Lipinski definition) is 3. The van der Waals surface area contributed by atoms with Gasteiger partial charge in [0.25, 0.3) is 5.91 Å². The summed E-state index contributed by atoms with van der Waals surface area (Å²) in [6, 6.07) is 4.95. The van der Waals surface area contributed by atoms with Crippen LogP contribution in [-0.4, -0.2) is 36.5 Å². The lowest BCUT2D eigenvalue weighted by Crippen LogP contribution is -2.27. The van der Waals surface area contributed by atoms with Crippen LogP contribution in [0.2, 0.25) is 5.02 Å². The second-order valence-electron chi connectivity index (χ2n) is 3.59. The Labute approximate surface area is 110 Å². The molecule has 0 atom stereocenters. The SMILES string of the molecule is CN(C)C(=O)COc1ccc(C(N)=S)cc1Cl. The van der Waals surface area contributed by atoms with E-state index in [0.29, 0.717) is 16.3 Å². The highest BCUT2D eigenvalue weighted by Gasteiger charge is 2.08. The Hall–Kier alpha value is -1.33.